The molecule has 0 radical (unpaired) electrons. The van der Waals surface area contributed by atoms with E-state index in [1.807, 2.05) is 0 Å². The van der Waals surface area contributed by atoms with E-state index in [1.165, 1.54) is 6.07 Å². The van der Waals surface area contributed by atoms with Gasteiger partial charge in [-0.05, 0) is 17.7 Å². The fourth-order valence-electron chi connectivity index (χ4n) is 1.53. The van der Waals surface area contributed by atoms with Crippen LogP contribution in [0.3, 0.4) is 0 Å². The van der Waals surface area contributed by atoms with Gasteiger partial charge in [-0.1, -0.05) is 12.1 Å². The second-order valence-electron chi connectivity index (χ2n) is 4.01. The summed E-state index contributed by atoms with van der Waals surface area (Å²) in [7, 11) is 0. The SMILES string of the molecule is Nc1cnc(C(F)(F)F)cc1Oc1cccc(CO)c1. The topological polar surface area (TPSA) is 68.4 Å². The van der Waals surface area contributed by atoms with E-state index in [4.69, 9.17) is 15.6 Å². The lowest BCUT2D eigenvalue weighted by Gasteiger charge is -2.12. The van der Waals surface area contributed by atoms with Gasteiger partial charge in [0.2, 0.25) is 0 Å². The molecular formula is C13H11F3N2O2. The summed E-state index contributed by atoms with van der Waals surface area (Å²) in [5.41, 5.74) is 5.03. The first-order valence-electron chi connectivity index (χ1n) is 5.60. The molecule has 0 saturated carbocycles. The normalized spacial score (nSPS) is 11.4. The third kappa shape index (κ3) is 3.18. The molecule has 0 saturated heterocycles. The van der Waals surface area contributed by atoms with E-state index >= 15 is 0 Å². The quantitative estimate of drug-likeness (QED) is 0.909. The van der Waals surface area contributed by atoms with Crippen LogP contribution < -0.4 is 10.5 Å². The van der Waals surface area contributed by atoms with Gasteiger partial charge in [0, 0.05) is 6.07 Å². The maximum absolute atomic E-state index is 12.6. The fourth-order valence-corrected chi connectivity index (χ4v) is 1.53. The molecule has 0 aliphatic carbocycles. The Bertz CT molecular complexity index is 615. The lowest BCUT2D eigenvalue weighted by Crippen LogP contribution is -2.08. The Morgan fingerprint density at radius 1 is 1.25 bits per heavy atom. The van der Waals surface area contributed by atoms with Gasteiger partial charge in [-0.3, -0.25) is 0 Å². The maximum atomic E-state index is 12.6. The van der Waals surface area contributed by atoms with Crippen molar-refractivity contribution in [3.8, 4) is 11.5 Å². The van der Waals surface area contributed by atoms with Gasteiger partial charge in [0.05, 0.1) is 18.5 Å². The summed E-state index contributed by atoms with van der Waals surface area (Å²) in [5, 5.41) is 8.99. The summed E-state index contributed by atoms with van der Waals surface area (Å²) in [6.45, 7) is -0.198. The maximum Gasteiger partial charge on any atom is 0.433 e. The van der Waals surface area contributed by atoms with E-state index in [-0.39, 0.29) is 23.8 Å². The van der Waals surface area contributed by atoms with Crippen molar-refractivity contribution >= 4 is 5.69 Å². The molecule has 20 heavy (non-hydrogen) atoms. The molecule has 1 aromatic carbocycles. The number of hydrogen-bond acceptors (Lipinski definition) is 4. The molecule has 1 aromatic heterocycles. The van der Waals surface area contributed by atoms with Gasteiger partial charge in [0.25, 0.3) is 0 Å². The van der Waals surface area contributed by atoms with Crippen molar-refractivity contribution in [2.75, 3.05) is 5.73 Å². The minimum Gasteiger partial charge on any atom is -0.455 e. The lowest BCUT2D eigenvalue weighted by atomic mass is 10.2. The lowest BCUT2D eigenvalue weighted by molar-refractivity contribution is -0.141. The van der Waals surface area contributed by atoms with Gasteiger partial charge in [-0.15, -0.1) is 0 Å². The molecule has 2 aromatic rings. The van der Waals surface area contributed by atoms with Crippen LogP contribution in [0.4, 0.5) is 18.9 Å². The van der Waals surface area contributed by atoms with Crippen molar-refractivity contribution in [2.45, 2.75) is 12.8 Å². The molecule has 3 N–H and O–H groups in total. The minimum atomic E-state index is -4.57. The highest BCUT2D eigenvalue weighted by molar-refractivity contribution is 5.53. The number of ether oxygens (including phenoxy) is 1. The standard InChI is InChI=1S/C13H11F3N2O2/c14-13(15,16)12-5-11(10(17)6-18-12)20-9-3-1-2-8(4-9)7-19/h1-6,19H,7,17H2. The molecule has 0 aliphatic rings. The number of aliphatic hydroxyl groups is 1. The van der Waals surface area contributed by atoms with Gasteiger partial charge < -0.3 is 15.6 Å². The third-order valence-electron chi connectivity index (χ3n) is 2.49. The summed E-state index contributed by atoms with van der Waals surface area (Å²) in [4.78, 5) is 3.22. The summed E-state index contributed by atoms with van der Waals surface area (Å²) in [6, 6.07) is 7.06. The number of nitrogen functional groups attached to an aromatic ring is 1. The number of pyridine rings is 1. The first kappa shape index (κ1) is 14.1. The number of hydrogen-bond donors (Lipinski definition) is 2. The molecule has 0 fully saturated rings. The Morgan fingerprint density at radius 2 is 2.00 bits per heavy atom. The van der Waals surface area contributed by atoms with Crippen LogP contribution >= 0.6 is 0 Å². The van der Waals surface area contributed by atoms with E-state index < -0.39 is 11.9 Å². The highest BCUT2D eigenvalue weighted by Crippen LogP contribution is 2.34. The molecule has 0 bridgehead atoms. The molecule has 1 heterocycles. The Hall–Kier alpha value is -2.28. The molecule has 0 unspecified atom stereocenters. The zero-order valence-electron chi connectivity index (χ0n) is 10.2. The number of aliphatic hydroxyl groups excluding tert-OH is 1. The first-order valence-corrected chi connectivity index (χ1v) is 5.60. The van der Waals surface area contributed by atoms with Crippen molar-refractivity contribution in [1.29, 1.82) is 0 Å². The Labute approximate surface area is 112 Å². The molecular weight excluding hydrogens is 273 g/mol. The minimum absolute atomic E-state index is 0.00704. The van der Waals surface area contributed by atoms with Crippen molar-refractivity contribution in [3.05, 3.63) is 47.8 Å². The number of benzene rings is 1. The van der Waals surface area contributed by atoms with Crippen molar-refractivity contribution in [3.63, 3.8) is 0 Å². The number of nitrogens with two attached hydrogens (primary N) is 1. The summed E-state index contributed by atoms with van der Waals surface area (Å²) in [5.74, 6) is 0.144. The molecule has 0 spiro atoms. The zero-order chi connectivity index (χ0) is 14.8. The number of rotatable bonds is 3. The van der Waals surface area contributed by atoms with E-state index in [0.717, 1.165) is 12.3 Å². The Morgan fingerprint density at radius 3 is 2.65 bits per heavy atom. The molecule has 106 valence electrons. The molecule has 2 rings (SSSR count). The van der Waals surface area contributed by atoms with Crippen LogP contribution in [0.5, 0.6) is 11.5 Å². The Balaban J connectivity index is 2.32. The number of alkyl halides is 3. The largest absolute Gasteiger partial charge is 0.455 e. The van der Waals surface area contributed by atoms with Crippen molar-refractivity contribution in [1.82, 2.24) is 4.98 Å². The van der Waals surface area contributed by atoms with Crippen molar-refractivity contribution in [2.24, 2.45) is 0 Å². The average Bonchev–Trinajstić information content (AvgIpc) is 2.40. The summed E-state index contributed by atoms with van der Waals surface area (Å²) in [6.07, 6.45) is -3.67. The van der Waals surface area contributed by atoms with Gasteiger partial charge in [-0.25, -0.2) is 4.98 Å². The average molecular weight is 284 g/mol. The zero-order valence-corrected chi connectivity index (χ0v) is 10.2. The fraction of sp³-hybridized carbons (Fsp3) is 0.154. The smallest absolute Gasteiger partial charge is 0.433 e. The van der Waals surface area contributed by atoms with Crippen molar-refractivity contribution < 1.29 is 23.0 Å². The van der Waals surface area contributed by atoms with Gasteiger partial charge >= 0.3 is 6.18 Å². The van der Waals surface area contributed by atoms with E-state index in [0.29, 0.717) is 5.56 Å². The van der Waals surface area contributed by atoms with Gasteiger partial charge in [0.1, 0.15) is 11.4 Å². The number of nitrogens with zero attached hydrogens (tertiary/aromatic N) is 1. The van der Waals surface area contributed by atoms with E-state index in [2.05, 4.69) is 4.98 Å². The second-order valence-corrected chi connectivity index (χ2v) is 4.01. The second kappa shape index (κ2) is 5.38. The number of anilines is 1. The Kier molecular flexibility index (Phi) is 3.80. The predicted molar refractivity (Wildman–Crippen MR) is 66.1 cm³/mol. The number of halogens is 3. The molecule has 0 aliphatic heterocycles. The molecule has 0 atom stereocenters. The highest BCUT2D eigenvalue weighted by Gasteiger charge is 2.33. The van der Waals surface area contributed by atoms with Crippen LogP contribution in [0.1, 0.15) is 11.3 Å². The summed E-state index contributed by atoms with van der Waals surface area (Å²) < 4.78 is 43.0. The molecule has 4 nitrogen and oxygen atoms in total. The third-order valence-corrected chi connectivity index (χ3v) is 2.49. The first-order chi connectivity index (χ1) is 9.40. The summed E-state index contributed by atoms with van der Waals surface area (Å²) >= 11 is 0. The van der Waals surface area contributed by atoms with Crippen LogP contribution in [0.2, 0.25) is 0 Å². The van der Waals surface area contributed by atoms with E-state index in [9.17, 15) is 13.2 Å². The van der Waals surface area contributed by atoms with Gasteiger partial charge in [-0.2, -0.15) is 13.2 Å². The van der Waals surface area contributed by atoms with Crippen LogP contribution in [-0.4, -0.2) is 10.1 Å². The monoisotopic (exact) mass is 284 g/mol. The molecule has 7 heteroatoms. The van der Waals surface area contributed by atoms with Crippen LogP contribution in [0.15, 0.2) is 36.5 Å². The van der Waals surface area contributed by atoms with Crippen LogP contribution in [0, 0.1) is 0 Å². The highest BCUT2D eigenvalue weighted by atomic mass is 19.4. The van der Waals surface area contributed by atoms with Crippen LogP contribution in [0.25, 0.3) is 0 Å². The predicted octanol–water partition coefficient (Wildman–Crippen LogP) is 2.97. The molecule has 0 amide bonds. The van der Waals surface area contributed by atoms with Crippen LogP contribution in [-0.2, 0) is 12.8 Å². The van der Waals surface area contributed by atoms with E-state index in [1.54, 1.807) is 18.2 Å². The number of aromatic nitrogens is 1. The van der Waals surface area contributed by atoms with Gasteiger partial charge in [0.15, 0.2) is 5.75 Å².